The van der Waals surface area contributed by atoms with Gasteiger partial charge in [0.15, 0.2) is 0 Å². The highest BCUT2D eigenvalue weighted by Gasteiger charge is 2.45. The fraction of sp³-hybridized carbons (Fsp3) is 0.667. The van der Waals surface area contributed by atoms with Gasteiger partial charge in [-0.05, 0) is 67.1 Å². The zero-order valence-electron chi connectivity index (χ0n) is 15.5. The van der Waals surface area contributed by atoms with Gasteiger partial charge in [-0.25, -0.2) is 4.39 Å². The maximum atomic E-state index is 13.3. The summed E-state index contributed by atoms with van der Waals surface area (Å²) < 4.78 is 13.3. The molecule has 0 spiro atoms. The van der Waals surface area contributed by atoms with Gasteiger partial charge in [-0.2, -0.15) is 0 Å². The predicted molar refractivity (Wildman–Crippen MR) is 96.6 cm³/mol. The third kappa shape index (κ3) is 4.41. The molecule has 25 heavy (non-hydrogen) atoms. The molecule has 2 atom stereocenters. The summed E-state index contributed by atoms with van der Waals surface area (Å²) >= 11 is 0. The zero-order valence-corrected chi connectivity index (χ0v) is 15.5. The van der Waals surface area contributed by atoms with E-state index in [1.54, 1.807) is 6.07 Å². The number of nitrogens with one attached hydrogen (secondary N) is 1. The highest BCUT2D eigenvalue weighted by atomic mass is 19.1. The molecule has 2 aliphatic carbocycles. The first kappa shape index (κ1) is 18.4. The number of hydrogen-bond acceptors (Lipinski definition) is 2. The molecule has 138 valence electrons. The molecule has 2 N–H and O–H groups in total. The normalized spacial score (nSPS) is 32.3. The highest BCUT2D eigenvalue weighted by molar-refractivity contribution is 5.82. The summed E-state index contributed by atoms with van der Waals surface area (Å²) in [7, 11) is 0. The van der Waals surface area contributed by atoms with Crippen molar-refractivity contribution in [2.45, 2.75) is 64.4 Å². The van der Waals surface area contributed by atoms with E-state index in [1.165, 1.54) is 12.1 Å². The van der Waals surface area contributed by atoms with Crippen LogP contribution in [-0.2, 0) is 4.79 Å². The van der Waals surface area contributed by atoms with Gasteiger partial charge in [0.2, 0.25) is 5.91 Å². The van der Waals surface area contributed by atoms with Gasteiger partial charge in [-0.1, -0.05) is 32.9 Å². The molecule has 3 rings (SSSR count). The monoisotopic (exact) mass is 347 g/mol. The Labute approximate surface area is 150 Å². The van der Waals surface area contributed by atoms with Gasteiger partial charge >= 0.3 is 0 Å². The number of rotatable bonds is 4. The molecule has 0 radical (unpaired) electrons. The van der Waals surface area contributed by atoms with Crippen molar-refractivity contribution in [3.05, 3.63) is 35.6 Å². The van der Waals surface area contributed by atoms with E-state index >= 15 is 0 Å². The highest BCUT2D eigenvalue weighted by Crippen LogP contribution is 2.48. The quantitative estimate of drug-likeness (QED) is 0.864. The summed E-state index contributed by atoms with van der Waals surface area (Å²) in [5.74, 6) is 0.386. The molecule has 0 unspecified atom stereocenters. The molecule has 1 aromatic rings. The topological polar surface area (TPSA) is 49.3 Å². The number of hydrogen-bond donors (Lipinski definition) is 2. The van der Waals surface area contributed by atoms with Gasteiger partial charge in [0.1, 0.15) is 5.82 Å². The number of aliphatic hydroxyl groups is 1. The van der Waals surface area contributed by atoms with E-state index < -0.39 is 5.60 Å². The first-order chi connectivity index (χ1) is 11.7. The van der Waals surface area contributed by atoms with Crippen LogP contribution < -0.4 is 5.32 Å². The van der Waals surface area contributed by atoms with Gasteiger partial charge in [-0.3, -0.25) is 4.79 Å². The molecule has 2 fully saturated rings. The van der Waals surface area contributed by atoms with Gasteiger partial charge in [0.25, 0.3) is 0 Å². The van der Waals surface area contributed by atoms with Crippen LogP contribution in [-0.4, -0.2) is 23.2 Å². The molecule has 0 heterocycles. The van der Waals surface area contributed by atoms with Crippen LogP contribution in [0.5, 0.6) is 0 Å². The second-order valence-corrected chi connectivity index (χ2v) is 9.09. The lowest BCUT2D eigenvalue weighted by molar-refractivity contribution is -0.124. The Morgan fingerprint density at radius 3 is 2.60 bits per heavy atom. The Morgan fingerprint density at radius 1 is 1.32 bits per heavy atom. The maximum absolute atomic E-state index is 13.3. The Kier molecular flexibility index (Phi) is 4.93. The fourth-order valence-corrected chi connectivity index (χ4v) is 4.17. The summed E-state index contributed by atoms with van der Waals surface area (Å²) in [4.78, 5) is 12.4. The summed E-state index contributed by atoms with van der Waals surface area (Å²) in [5, 5.41) is 13.7. The van der Waals surface area contributed by atoms with Crippen LogP contribution in [0.3, 0.4) is 0 Å². The number of carbonyl (C=O) groups excluding carboxylic acids is 1. The first-order valence-electron chi connectivity index (χ1n) is 9.43. The van der Waals surface area contributed by atoms with Crippen LogP contribution in [0.1, 0.15) is 64.4 Å². The molecule has 0 aliphatic heterocycles. The third-order valence-electron chi connectivity index (χ3n) is 6.14. The standard InChI is InChI=1S/C21H30FNO2/c1-20(2,3)15-7-9-21(25,10-8-15)13-23-19(24)18-12-17(18)14-5-4-6-16(22)11-14/h4-6,11,15,17-18,25H,7-10,12-13H2,1-3H3,(H,23,24)/t15?,17-,18+,21?/m0/s1. The van der Waals surface area contributed by atoms with Crippen molar-refractivity contribution in [2.75, 3.05) is 6.54 Å². The van der Waals surface area contributed by atoms with E-state index in [9.17, 15) is 14.3 Å². The Balaban J connectivity index is 1.47. The van der Waals surface area contributed by atoms with Crippen molar-refractivity contribution in [2.24, 2.45) is 17.3 Å². The second kappa shape index (κ2) is 6.71. The van der Waals surface area contributed by atoms with Crippen LogP contribution >= 0.6 is 0 Å². The molecule has 0 saturated heterocycles. The smallest absolute Gasteiger partial charge is 0.223 e. The fourth-order valence-electron chi connectivity index (χ4n) is 4.17. The predicted octanol–water partition coefficient (Wildman–Crippen LogP) is 4.01. The largest absolute Gasteiger partial charge is 0.388 e. The Morgan fingerprint density at radius 2 is 2.00 bits per heavy atom. The molecule has 2 aliphatic rings. The van der Waals surface area contributed by atoms with Crippen LogP contribution in [0.25, 0.3) is 0 Å². The van der Waals surface area contributed by atoms with Crippen molar-refractivity contribution >= 4 is 5.91 Å². The first-order valence-corrected chi connectivity index (χ1v) is 9.43. The molecule has 2 saturated carbocycles. The maximum Gasteiger partial charge on any atom is 0.223 e. The van der Waals surface area contributed by atoms with Gasteiger partial charge in [0, 0.05) is 12.5 Å². The summed E-state index contributed by atoms with van der Waals surface area (Å²) in [6, 6.07) is 6.50. The van der Waals surface area contributed by atoms with Crippen molar-refractivity contribution < 1.29 is 14.3 Å². The number of carbonyl (C=O) groups is 1. The van der Waals surface area contributed by atoms with E-state index in [0.717, 1.165) is 37.7 Å². The van der Waals surface area contributed by atoms with Crippen LogP contribution in [0.2, 0.25) is 0 Å². The minimum atomic E-state index is -0.777. The van der Waals surface area contributed by atoms with Crippen LogP contribution in [0.4, 0.5) is 4.39 Å². The Bertz CT molecular complexity index is 629. The van der Waals surface area contributed by atoms with Gasteiger partial charge in [-0.15, -0.1) is 0 Å². The third-order valence-corrected chi connectivity index (χ3v) is 6.14. The summed E-state index contributed by atoms with van der Waals surface area (Å²) in [5.41, 5.74) is 0.391. The van der Waals surface area contributed by atoms with E-state index in [-0.39, 0.29) is 29.0 Å². The lowest BCUT2D eigenvalue weighted by Gasteiger charge is -2.41. The average Bonchev–Trinajstić information content (AvgIpc) is 3.33. The van der Waals surface area contributed by atoms with Crippen molar-refractivity contribution in [3.8, 4) is 0 Å². The van der Waals surface area contributed by atoms with Crippen molar-refractivity contribution in [3.63, 3.8) is 0 Å². The molecule has 4 heteroatoms. The summed E-state index contributed by atoms with van der Waals surface area (Å²) in [6.45, 7) is 7.09. The molecule has 1 amide bonds. The number of halogens is 1. The van der Waals surface area contributed by atoms with E-state index in [1.807, 2.05) is 6.07 Å². The van der Waals surface area contributed by atoms with Crippen LogP contribution in [0, 0.1) is 23.1 Å². The summed E-state index contributed by atoms with van der Waals surface area (Å²) in [6.07, 6.45) is 4.26. The molecule has 0 aromatic heterocycles. The molecule has 1 aromatic carbocycles. The SMILES string of the molecule is CC(C)(C)C1CCC(O)(CNC(=O)[C@@H]2C[C@H]2c2cccc(F)c2)CC1. The molecule has 0 bridgehead atoms. The zero-order chi connectivity index (χ0) is 18.2. The minimum Gasteiger partial charge on any atom is -0.388 e. The van der Waals surface area contributed by atoms with Crippen molar-refractivity contribution in [1.29, 1.82) is 0 Å². The Hall–Kier alpha value is -1.42. The minimum absolute atomic E-state index is 0.0133. The molecule has 3 nitrogen and oxygen atoms in total. The van der Waals surface area contributed by atoms with E-state index in [4.69, 9.17) is 0 Å². The number of benzene rings is 1. The van der Waals surface area contributed by atoms with Gasteiger partial charge < -0.3 is 10.4 Å². The van der Waals surface area contributed by atoms with E-state index in [2.05, 4.69) is 26.1 Å². The average molecular weight is 347 g/mol. The molecular formula is C21H30FNO2. The lowest BCUT2D eigenvalue weighted by Crippen LogP contribution is -2.47. The van der Waals surface area contributed by atoms with Crippen molar-refractivity contribution in [1.82, 2.24) is 5.32 Å². The lowest BCUT2D eigenvalue weighted by atomic mass is 9.68. The van der Waals surface area contributed by atoms with Crippen LogP contribution in [0.15, 0.2) is 24.3 Å². The second-order valence-electron chi connectivity index (χ2n) is 9.09. The van der Waals surface area contributed by atoms with E-state index in [0.29, 0.717) is 12.5 Å². The van der Waals surface area contributed by atoms with Gasteiger partial charge in [0.05, 0.1) is 5.60 Å². The molecular weight excluding hydrogens is 317 g/mol. The number of amides is 1.